The Morgan fingerprint density at radius 2 is 2.06 bits per heavy atom. The zero-order valence-corrected chi connectivity index (χ0v) is 9.61. The molecular formula is C10H14N2O6. The minimum atomic E-state index is -1.36. The van der Waals surface area contributed by atoms with Gasteiger partial charge in [-0.25, -0.2) is 4.79 Å². The maximum absolute atomic E-state index is 11.6. The van der Waals surface area contributed by atoms with Crippen molar-refractivity contribution in [3.63, 3.8) is 0 Å². The molecule has 1 aromatic heterocycles. The van der Waals surface area contributed by atoms with Crippen LogP contribution in [0.4, 0.5) is 0 Å². The molecule has 1 aromatic rings. The molecule has 1 aliphatic heterocycles. The first-order chi connectivity index (χ1) is 8.45. The molecule has 0 aromatic carbocycles. The van der Waals surface area contributed by atoms with E-state index in [1.165, 1.54) is 13.1 Å². The number of ether oxygens (including phenoxy) is 1. The van der Waals surface area contributed by atoms with E-state index in [2.05, 4.69) is 4.98 Å². The fourth-order valence-electron chi connectivity index (χ4n) is 1.88. The molecule has 0 unspecified atom stereocenters. The van der Waals surface area contributed by atoms with Crippen molar-refractivity contribution in [3.8, 4) is 0 Å². The van der Waals surface area contributed by atoms with Crippen molar-refractivity contribution < 1.29 is 20.1 Å². The van der Waals surface area contributed by atoms with Gasteiger partial charge in [0.25, 0.3) is 5.56 Å². The molecule has 0 bridgehead atoms. The van der Waals surface area contributed by atoms with E-state index in [0.29, 0.717) is 0 Å². The van der Waals surface area contributed by atoms with Crippen LogP contribution in [0.1, 0.15) is 11.8 Å². The Balaban J connectivity index is 2.42. The minimum absolute atomic E-state index is 0.271. The predicted molar refractivity (Wildman–Crippen MR) is 59.1 cm³/mol. The smallest absolute Gasteiger partial charge is 0.330 e. The number of hydrogen-bond acceptors (Lipinski definition) is 6. The molecule has 0 spiro atoms. The van der Waals surface area contributed by atoms with Crippen molar-refractivity contribution in [1.29, 1.82) is 0 Å². The van der Waals surface area contributed by atoms with E-state index in [9.17, 15) is 19.8 Å². The number of rotatable bonds is 2. The number of H-pyrrole nitrogens is 1. The molecule has 18 heavy (non-hydrogen) atoms. The monoisotopic (exact) mass is 258 g/mol. The van der Waals surface area contributed by atoms with E-state index in [-0.39, 0.29) is 5.56 Å². The molecule has 4 atom stereocenters. The Morgan fingerprint density at radius 1 is 1.39 bits per heavy atom. The topological polar surface area (TPSA) is 125 Å². The summed E-state index contributed by atoms with van der Waals surface area (Å²) in [5, 5.41) is 28.3. The summed E-state index contributed by atoms with van der Waals surface area (Å²) in [6, 6.07) is 0. The second-order valence-electron chi connectivity index (χ2n) is 4.21. The molecule has 4 N–H and O–H groups in total. The van der Waals surface area contributed by atoms with Crippen LogP contribution in [0.5, 0.6) is 0 Å². The SMILES string of the molecule is Cc1cn([C@@H]2O[C@@H](CO)[C@H](O)[C@H]2O)c(=O)[nH]c1=O. The number of nitrogens with one attached hydrogen (secondary N) is 1. The molecule has 2 rings (SSSR count). The van der Waals surface area contributed by atoms with E-state index >= 15 is 0 Å². The van der Waals surface area contributed by atoms with E-state index in [1.807, 2.05) is 0 Å². The fraction of sp³-hybridized carbons (Fsp3) is 0.600. The molecule has 100 valence electrons. The van der Waals surface area contributed by atoms with Gasteiger partial charge in [0.15, 0.2) is 6.23 Å². The average Bonchev–Trinajstić information content (AvgIpc) is 2.61. The lowest BCUT2D eigenvalue weighted by Gasteiger charge is -2.17. The van der Waals surface area contributed by atoms with Gasteiger partial charge in [-0.15, -0.1) is 0 Å². The van der Waals surface area contributed by atoms with Crippen molar-refractivity contribution in [2.24, 2.45) is 0 Å². The van der Waals surface area contributed by atoms with Crippen LogP contribution in [0.25, 0.3) is 0 Å². The molecule has 1 saturated heterocycles. The molecule has 0 amide bonds. The first-order valence-corrected chi connectivity index (χ1v) is 5.40. The Bertz CT molecular complexity index is 550. The van der Waals surface area contributed by atoms with Gasteiger partial charge in [0.05, 0.1) is 6.61 Å². The quantitative estimate of drug-likeness (QED) is 0.463. The van der Waals surface area contributed by atoms with Crippen molar-refractivity contribution in [2.45, 2.75) is 31.5 Å². The number of aromatic amines is 1. The van der Waals surface area contributed by atoms with Crippen LogP contribution in [0.15, 0.2) is 15.8 Å². The van der Waals surface area contributed by atoms with Crippen LogP contribution >= 0.6 is 0 Å². The Hall–Kier alpha value is -1.48. The van der Waals surface area contributed by atoms with Crippen molar-refractivity contribution in [1.82, 2.24) is 9.55 Å². The standard InChI is InChI=1S/C10H14N2O6/c1-4-2-12(10(17)11-8(4)16)9-7(15)6(14)5(3-13)18-9/h2,5-7,9,13-15H,3H2,1H3,(H,11,16,17)/t5-,6-,7+,9+/m0/s1. The van der Waals surface area contributed by atoms with Crippen LogP contribution in [0.3, 0.4) is 0 Å². The summed E-state index contributed by atoms with van der Waals surface area (Å²) in [7, 11) is 0. The van der Waals surface area contributed by atoms with Gasteiger partial charge in [-0.3, -0.25) is 14.3 Å². The molecule has 1 fully saturated rings. The number of hydrogen-bond donors (Lipinski definition) is 4. The van der Waals surface area contributed by atoms with Gasteiger partial charge in [-0.2, -0.15) is 0 Å². The highest BCUT2D eigenvalue weighted by molar-refractivity contribution is 5.03. The van der Waals surface area contributed by atoms with Crippen LogP contribution < -0.4 is 11.2 Å². The third-order valence-electron chi connectivity index (χ3n) is 2.94. The van der Waals surface area contributed by atoms with Crippen LogP contribution in [0.2, 0.25) is 0 Å². The van der Waals surface area contributed by atoms with Gasteiger partial charge >= 0.3 is 5.69 Å². The summed E-state index contributed by atoms with van der Waals surface area (Å²) in [5.74, 6) is 0. The minimum Gasteiger partial charge on any atom is -0.394 e. The largest absolute Gasteiger partial charge is 0.394 e. The summed E-state index contributed by atoms with van der Waals surface area (Å²) >= 11 is 0. The third-order valence-corrected chi connectivity index (χ3v) is 2.94. The average molecular weight is 258 g/mol. The van der Waals surface area contributed by atoms with Gasteiger partial charge in [0, 0.05) is 11.8 Å². The Kier molecular flexibility index (Phi) is 3.35. The third kappa shape index (κ3) is 1.99. The zero-order chi connectivity index (χ0) is 13.4. The molecule has 8 nitrogen and oxygen atoms in total. The van der Waals surface area contributed by atoms with Crippen LogP contribution in [-0.4, -0.2) is 49.8 Å². The maximum Gasteiger partial charge on any atom is 0.330 e. The van der Waals surface area contributed by atoms with Gasteiger partial charge in [0.2, 0.25) is 0 Å². The number of aryl methyl sites for hydroxylation is 1. The summed E-state index contributed by atoms with van der Waals surface area (Å²) < 4.78 is 6.17. The second-order valence-corrected chi connectivity index (χ2v) is 4.21. The highest BCUT2D eigenvalue weighted by atomic mass is 16.6. The lowest BCUT2D eigenvalue weighted by Crippen LogP contribution is -2.38. The first kappa shape index (κ1) is 13.0. The van der Waals surface area contributed by atoms with Crippen LogP contribution in [0, 0.1) is 6.92 Å². The van der Waals surface area contributed by atoms with Gasteiger partial charge in [-0.05, 0) is 6.92 Å². The van der Waals surface area contributed by atoms with Crippen molar-refractivity contribution in [2.75, 3.05) is 6.61 Å². The normalized spacial score (nSPS) is 31.8. The Labute approximate surface area is 101 Å². The molecule has 0 radical (unpaired) electrons. The van der Waals surface area contributed by atoms with Gasteiger partial charge in [-0.1, -0.05) is 0 Å². The van der Waals surface area contributed by atoms with E-state index in [0.717, 1.165) is 4.57 Å². The lowest BCUT2D eigenvalue weighted by atomic mass is 10.1. The fourth-order valence-corrected chi connectivity index (χ4v) is 1.88. The molecule has 0 saturated carbocycles. The summed E-state index contributed by atoms with van der Waals surface area (Å²) in [5.41, 5.74) is -1.00. The predicted octanol–water partition coefficient (Wildman–Crippen LogP) is -2.54. The Morgan fingerprint density at radius 3 is 2.61 bits per heavy atom. The van der Waals surface area contributed by atoms with Crippen molar-refractivity contribution >= 4 is 0 Å². The second kappa shape index (κ2) is 4.65. The van der Waals surface area contributed by atoms with Gasteiger partial charge in [0.1, 0.15) is 18.3 Å². The first-order valence-electron chi connectivity index (χ1n) is 5.40. The maximum atomic E-state index is 11.6. The summed E-state index contributed by atoms with van der Waals surface area (Å²) in [6.45, 7) is 1.02. The number of aromatic nitrogens is 2. The lowest BCUT2D eigenvalue weighted by molar-refractivity contribution is -0.0551. The van der Waals surface area contributed by atoms with E-state index in [1.54, 1.807) is 0 Å². The molecule has 1 aliphatic rings. The molecule has 8 heteroatoms. The molecular weight excluding hydrogens is 244 g/mol. The number of aliphatic hydroxyl groups excluding tert-OH is 3. The molecule has 2 heterocycles. The molecule has 0 aliphatic carbocycles. The number of nitrogens with zero attached hydrogens (tertiary/aromatic N) is 1. The van der Waals surface area contributed by atoms with Crippen molar-refractivity contribution in [3.05, 3.63) is 32.6 Å². The van der Waals surface area contributed by atoms with E-state index < -0.39 is 42.4 Å². The summed E-state index contributed by atoms with van der Waals surface area (Å²) in [4.78, 5) is 24.9. The van der Waals surface area contributed by atoms with Crippen LogP contribution in [-0.2, 0) is 4.74 Å². The zero-order valence-electron chi connectivity index (χ0n) is 9.61. The highest BCUT2D eigenvalue weighted by Gasteiger charge is 2.43. The van der Waals surface area contributed by atoms with Gasteiger partial charge < -0.3 is 20.1 Å². The summed E-state index contributed by atoms with van der Waals surface area (Å²) in [6.07, 6.45) is -3.52. The number of aliphatic hydroxyl groups is 3. The highest BCUT2D eigenvalue weighted by Crippen LogP contribution is 2.27. The van der Waals surface area contributed by atoms with E-state index in [4.69, 9.17) is 9.84 Å².